The van der Waals surface area contributed by atoms with Crippen LogP contribution in [0.2, 0.25) is 0 Å². The van der Waals surface area contributed by atoms with E-state index in [0.29, 0.717) is 40.2 Å². The number of furan rings is 1. The van der Waals surface area contributed by atoms with E-state index < -0.39 is 4.92 Å². The molecule has 38 heavy (non-hydrogen) atoms. The Labute approximate surface area is 218 Å². The van der Waals surface area contributed by atoms with E-state index in [1.54, 1.807) is 30.3 Å². The van der Waals surface area contributed by atoms with Gasteiger partial charge < -0.3 is 14.2 Å². The second-order valence-electron chi connectivity index (χ2n) is 9.23. The van der Waals surface area contributed by atoms with Crippen LogP contribution in [0.4, 0.5) is 11.4 Å². The lowest BCUT2D eigenvalue weighted by Gasteiger charge is -2.07. The molecule has 1 amide bonds. The molecule has 1 N–H and O–H groups in total. The van der Waals surface area contributed by atoms with Gasteiger partial charge in [-0.2, -0.15) is 0 Å². The zero-order chi connectivity index (χ0) is 26.8. The average Bonchev–Trinajstić information content (AvgIpc) is 3.55. The summed E-state index contributed by atoms with van der Waals surface area (Å²) in [4.78, 5) is 28.2. The summed E-state index contributed by atoms with van der Waals surface area (Å²) in [7, 11) is 0. The Morgan fingerprint density at radius 2 is 1.84 bits per heavy atom. The molecule has 0 spiro atoms. The molecule has 0 radical (unpaired) electrons. The average molecular weight is 508 g/mol. The van der Waals surface area contributed by atoms with E-state index in [-0.39, 0.29) is 11.6 Å². The fourth-order valence-electron chi connectivity index (χ4n) is 4.08. The zero-order valence-corrected chi connectivity index (χ0v) is 21.1. The number of nitrogens with one attached hydrogen (secondary N) is 1. The Hall–Kier alpha value is -4.98. The standard InChI is InChI=1S/C30H25N3O5/c1-18(2)20-10-13-28-25(16-20)32-30(38-28)21-9-8-19(3)24(17-21)31-29(34)15-12-22-11-14-27(37-22)23-6-4-5-7-26(23)33(35)36/h4-18H,1-3H3,(H,31,34)/b15-12+. The van der Waals surface area contributed by atoms with Crippen LogP contribution in [-0.4, -0.2) is 15.8 Å². The number of benzene rings is 3. The van der Waals surface area contributed by atoms with Gasteiger partial charge in [-0.1, -0.05) is 38.1 Å². The summed E-state index contributed by atoms with van der Waals surface area (Å²) in [6.45, 7) is 6.16. The molecule has 0 saturated carbocycles. The van der Waals surface area contributed by atoms with E-state index >= 15 is 0 Å². The third-order valence-corrected chi connectivity index (χ3v) is 6.21. The van der Waals surface area contributed by atoms with Gasteiger partial charge in [-0.15, -0.1) is 0 Å². The van der Waals surface area contributed by atoms with Crippen LogP contribution in [-0.2, 0) is 4.79 Å². The number of oxazole rings is 1. The molecule has 0 aliphatic carbocycles. The molecular weight excluding hydrogens is 482 g/mol. The molecule has 5 aromatic rings. The summed E-state index contributed by atoms with van der Waals surface area (Å²) in [5, 5.41) is 14.2. The van der Waals surface area contributed by atoms with E-state index in [2.05, 4.69) is 24.1 Å². The monoisotopic (exact) mass is 507 g/mol. The summed E-state index contributed by atoms with van der Waals surface area (Å²) in [6.07, 6.45) is 2.86. The first kappa shape index (κ1) is 24.7. The molecule has 0 bridgehead atoms. The van der Waals surface area contributed by atoms with Crippen molar-refractivity contribution in [2.24, 2.45) is 0 Å². The summed E-state index contributed by atoms with van der Waals surface area (Å²) in [6, 6.07) is 21.3. The number of aromatic nitrogens is 1. The Morgan fingerprint density at radius 3 is 2.63 bits per heavy atom. The number of nitro groups is 1. The maximum absolute atomic E-state index is 12.7. The fourth-order valence-corrected chi connectivity index (χ4v) is 4.08. The molecule has 0 atom stereocenters. The lowest BCUT2D eigenvalue weighted by molar-refractivity contribution is -0.384. The Balaban J connectivity index is 1.33. The van der Waals surface area contributed by atoms with Crippen molar-refractivity contribution in [1.82, 2.24) is 4.98 Å². The van der Waals surface area contributed by atoms with Crippen LogP contribution < -0.4 is 5.32 Å². The van der Waals surface area contributed by atoms with Gasteiger partial charge in [-0.25, -0.2) is 4.98 Å². The summed E-state index contributed by atoms with van der Waals surface area (Å²) in [5.74, 6) is 1.25. The van der Waals surface area contributed by atoms with Gasteiger partial charge >= 0.3 is 0 Å². The highest BCUT2D eigenvalue weighted by Gasteiger charge is 2.17. The third kappa shape index (κ3) is 5.10. The first-order valence-corrected chi connectivity index (χ1v) is 12.1. The molecule has 0 aliphatic heterocycles. The second-order valence-corrected chi connectivity index (χ2v) is 9.23. The third-order valence-electron chi connectivity index (χ3n) is 6.21. The number of hydrogen-bond acceptors (Lipinski definition) is 6. The van der Waals surface area contributed by atoms with Gasteiger partial charge in [0.2, 0.25) is 11.8 Å². The summed E-state index contributed by atoms with van der Waals surface area (Å²) in [5.41, 5.74) is 5.26. The first-order chi connectivity index (χ1) is 18.3. The first-order valence-electron chi connectivity index (χ1n) is 12.1. The number of carbonyl (C=O) groups is 1. The Bertz CT molecular complexity index is 1690. The van der Waals surface area contributed by atoms with Crippen molar-refractivity contribution in [3.8, 4) is 22.8 Å². The van der Waals surface area contributed by atoms with E-state index in [9.17, 15) is 14.9 Å². The number of hydrogen-bond donors (Lipinski definition) is 1. The molecule has 0 fully saturated rings. The van der Waals surface area contributed by atoms with E-state index in [0.717, 1.165) is 16.6 Å². The number of nitrogens with zero attached hydrogens (tertiary/aromatic N) is 2. The van der Waals surface area contributed by atoms with Crippen molar-refractivity contribution in [3.05, 3.63) is 106 Å². The minimum Gasteiger partial charge on any atom is -0.456 e. The van der Waals surface area contributed by atoms with Crippen molar-refractivity contribution in [2.75, 3.05) is 5.32 Å². The van der Waals surface area contributed by atoms with Crippen LogP contribution in [0.25, 0.3) is 40.0 Å². The Kier molecular flexibility index (Phi) is 6.62. The number of amides is 1. The number of anilines is 1. The number of nitro benzene ring substituents is 1. The molecule has 3 aromatic carbocycles. The quantitative estimate of drug-likeness (QED) is 0.137. The normalized spacial score (nSPS) is 11.5. The van der Waals surface area contributed by atoms with Crippen LogP contribution in [0.1, 0.15) is 36.7 Å². The lowest BCUT2D eigenvalue weighted by atomic mass is 10.0. The molecule has 8 nitrogen and oxygen atoms in total. The van der Waals surface area contributed by atoms with Gasteiger partial charge in [0.1, 0.15) is 17.0 Å². The SMILES string of the molecule is Cc1ccc(-c2nc3cc(C(C)C)ccc3o2)cc1NC(=O)/C=C/c1ccc(-c2ccccc2[N+](=O)[O-])o1. The van der Waals surface area contributed by atoms with Gasteiger partial charge in [0.05, 0.1) is 10.5 Å². The number of carbonyl (C=O) groups excluding carboxylic acids is 1. The van der Waals surface area contributed by atoms with Crippen molar-refractivity contribution in [2.45, 2.75) is 26.7 Å². The molecule has 0 saturated heterocycles. The number of para-hydroxylation sites is 1. The minimum atomic E-state index is -0.457. The summed E-state index contributed by atoms with van der Waals surface area (Å²) >= 11 is 0. The Morgan fingerprint density at radius 1 is 1.03 bits per heavy atom. The van der Waals surface area contributed by atoms with E-state index in [4.69, 9.17) is 8.83 Å². The number of rotatable bonds is 7. The van der Waals surface area contributed by atoms with Crippen molar-refractivity contribution < 1.29 is 18.6 Å². The van der Waals surface area contributed by atoms with E-state index in [1.165, 1.54) is 23.8 Å². The van der Waals surface area contributed by atoms with Crippen LogP contribution in [0.5, 0.6) is 0 Å². The van der Waals surface area contributed by atoms with Crippen molar-refractivity contribution in [3.63, 3.8) is 0 Å². The molecular formula is C30H25N3O5. The van der Waals surface area contributed by atoms with Crippen LogP contribution in [0.3, 0.4) is 0 Å². The number of aryl methyl sites for hydroxylation is 1. The highest BCUT2D eigenvalue weighted by molar-refractivity contribution is 6.02. The fraction of sp³-hybridized carbons (Fsp3) is 0.133. The van der Waals surface area contributed by atoms with Gasteiger partial charge in [-0.3, -0.25) is 14.9 Å². The van der Waals surface area contributed by atoms with Crippen molar-refractivity contribution in [1.29, 1.82) is 0 Å². The molecule has 0 aliphatic rings. The molecule has 0 unspecified atom stereocenters. The zero-order valence-electron chi connectivity index (χ0n) is 21.1. The topological polar surface area (TPSA) is 111 Å². The maximum atomic E-state index is 12.7. The highest BCUT2D eigenvalue weighted by Crippen LogP contribution is 2.32. The smallest absolute Gasteiger partial charge is 0.280 e. The predicted octanol–water partition coefficient (Wildman–Crippen LogP) is 7.75. The molecule has 190 valence electrons. The lowest BCUT2D eigenvalue weighted by Crippen LogP contribution is -2.09. The maximum Gasteiger partial charge on any atom is 0.280 e. The van der Waals surface area contributed by atoms with Gasteiger partial charge in [0.25, 0.3) is 5.69 Å². The highest BCUT2D eigenvalue weighted by atomic mass is 16.6. The van der Waals surface area contributed by atoms with Crippen LogP contribution in [0.15, 0.2) is 87.7 Å². The van der Waals surface area contributed by atoms with Crippen molar-refractivity contribution >= 4 is 34.5 Å². The molecule has 8 heteroatoms. The minimum absolute atomic E-state index is 0.0511. The van der Waals surface area contributed by atoms with Gasteiger partial charge in [0.15, 0.2) is 5.58 Å². The van der Waals surface area contributed by atoms with Crippen LogP contribution in [0, 0.1) is 17.0 Å². The number of fused-ring (bicyclic) bond motifs is 1. The van der Waals surface area contributed by atoms with E-state index in [1.807, 2.05) is 43.3 Å². The largest absolute Gasteiger partial charge is 0.456 e. The predicted molar refractivity (Wildman–Crippen MR) is 147 cm³/mol. The molecule has 5 rings (SSSR count). The van der Waals surface area contributed by atoms with Gasteiger partial charge in [0, 0.05) is 23.4 Å². The molecule has 2 aromatic heterocycles. The van der Waals surface area contributed by atoms with Gasteiger partial charge in [-0.05, 0) is 72.5 Å². The summed E-state index contributed by atoms with van der Waals surface area (Å²) < 4.78 is 11.7. The molecule has 2 heterocycles. The second kappa shape index (κ2) is 10.2. The van der Waals surface area contributed by atoms with Crippen LogP contribution >= 0.6 is 0 Å².